The Morgan fingerprint density at radius 3 is 2.12 bits per heavy atom. The predicted octanol–water partition coefficient (Wildman–Crippen LogP) is 4.94. The number of Topliss-reactive ketones (excluding diaryl/α,β-unsaturated/α-hetero) is 1. The lowest BCUT2D eigenvalue weighted by molar-refractivity contribution is -0.147. The molecule has 176 valence electrons. The van der Waals surface area contributed by atoms with E-state index in [4.69, 9.17) is 0 Å². The molecule has 2 N–H and O–H groups in total. The normalized spacial score (nSPS) is 17.7. The molecule has 0 aliphatic heterocycles. The number of thiol groups is 1. The summed E-state index contributed by atoms with van der Waals surface area (Å²) in [5, 5.41) is 12.0. The number of nitrogens with one attached hydrogen (secondary N) is 1. The number of hydrogen-bond donors (Lipinski definition) is 3. The molecule has 1 saturated carbocycles. The Balaban J connectivity index is 1.75. The lowest BCUT2D eigenvalue weighted by atomic mass is 9.76. The largest absolute Gasteiger partial charge is 0.480 e. The summed E-state index contributed by atoms with van der Waals surface area (Å²) in [5.74, 6) is -1.71. The van der Waals surface area contributed by atoms with Crippen molar-refractivity contribution in [3.8, 4) is 11.1 Å². The second-order valence-electron chi connectivity index (χ2n) is 9.12. The molecule has 1 fully saturated rings. The summed E-state index contributed by atoms with van der Waals surface area (Å²) < 4.78 is 0. The zero-order valence-electron chi connectivity index (χ0n) is 19.3. The number of carbonyl (C=O) groups is 3. The highest BCUT2D eigenvalue weighted by Crippen LogP contribution is 2.42. The Morgan fingerprint density at radius 1 is 1.00 bits per heavy atom. The summed E-state index contributed by atoms with van der Waals surface area (Å²) in [5.41, 5.74) is 1.74. The number of benzene rings is 2. The van der Waals surface area contributed by atoms with Crippen LogP contribution in [0.5, 0.6) is 0 Å². The topological polar surface area (TPSA) is 83.5 Å². The molecule has 1 amide bonds. The van der Waals surface area contributed by atoms with Crippen molar-refractivity contribution in [2.45, 2.75) is 63.7 Å². The lowest BCUT2D eigenvalue weighted by Gasteiger charge is -2.31. The van der Waals surface area contributed by atoms with Crippen molar-refractivity contribution < 1.29 is 19.5 Å². The van der Waals surface area contributed by atoms with Gasteiger partial charge in [-0.1, -0.05) is 87.7 Å². The first-order chi connectivity index (χ1) is 15.8. The summed E-state index contributed by atoms with van der Waals surface area (Å²) in [6.07, 6.45) is 3.38. The number of rotatable bonds is 10. The van der Waals surface area contributed by atoms with Gasteiger partial charge in [-0.2, -0.15) is 12.6 Å². The Kier molecular flexibility index (Phi) is 8.35. The van der Waals surface area contributed by atoms with Crippen LogP contribution >= 0.6 is 12.6 Å². The Morgan fingerprint density at radius 2 is 1.58 bits per heavy atom. The molecule has 0 spiro atoms. The average Bonchev–Trinajstić information content (AvgIpc) is 3.34. The summed E-state index contributed by atoms with van der Waals surface area (Å²) >= 11 is 4.53. The third-order valence-corrected chi connectivity index (χ3v) is 7.66. The number of carboxylic acids is 1. The number of ketones is 1. The van der Waals surface area contributed by atoms with Gasteiger partial charge in [0.25, 0.3) is 0 Å². The SMILES string of the molecule is CC[C@@H](C)[C@@H](S)C(=O)C1(C(=O)N[C@@H](Cc2ccc(-c3ccccc3)cc2)C(=O)O)CCCC1. The van der Waals surface area contributed by atoms with Gasteiger partial charge in [-0.3, -0.25) is 9.59 Å². The second-order valence-corrected chi connectivity index (χ2v) is 9.67. The van der Waals surface area contributed by atoms with Crippen LogP contribution in [0.25, 0.3) is 11.1 Å². The highest BCUT2D eigenvalue weighted by atomic mass is 32.1. The van der Waals surface area contributed by atoms with Crippen LogP contribution in [0.1, 0.15) is 51.5 Å². The molecule has 0 saturated heterocycles. The molecular formula is C27H33NO4S. The van der Waals surface area contributed by atoms with Gasteiger partial charge in [-0.15, -0.1) is 0 Å². The van der Waals surface area contributed by atoms with Crippen LogP contribution in [-0.4, -0.2) is 34.1 Å². The monoisotopic (exact) mass is 467 g/mol. The van der Waals surface area contributed by atoms with Gasteiger partial charge in [0.15, 0.2) is 5.78 Å². The summed E-state index contributed by atoms with van der Waals surface area (Å²) in [6, 6.07) is 16.5. The van der Waals surface area contributed by atoms with Crippen molar-refractivity contribution in [1.29, 1.82) is 0 Å². The van der Waals surface area contributed by atoms with E-state index < -0.39 is 28.6 Å². The van der Waals surface area contributed by atoms with Gasteiger partial charge in [0.2, 0.25) is 5.91 Å². The molecule has 0 aromatic heterocycles. The molecule has 0 unspecified atom stereocenters. The van der Waals surface area contributed by atoms with E-state index in [1.165, 1.54) is 0 Å². The number of carbonyl (C=O) groups excluding carboxylic acids is 2. The molecule has 3 rings (SSSR count). The van der Waals surface area contributed by atoms with Gasteiger partial charge in [-0.25, -0.2) is 4.79 Å². The predicted molar refractivity (Wildman–Crippen MR) is 133 cm³/mol. The molecule has 1 aliphatic rings. The van der Waals surface area contributed by atoms with Crippen LogP contribution < -0.4 is 5.32 Å². The molecule has 0 heterocycles. The molecule has 33 heavy (non-hydrogen) atoms. The van der Waals surface area contributed by atoms with E-state index in [9.17, 15) is 19.5 Å². The fourth-order valence-electron chi connectivity index (χ4n) is 4.52. The summed E-state index contributed by atoms with van der Waals surface area (Å²) in [4.78, 5) is 38.6. The van der Waals surface area contributed by atoms with Gasteiger partial charge >= 0.3 is 5.97 Å². The lowest BCUT2D eigenvalue weighted by Crippen LogP contribution is -2.53. The van der Waals surface area contributed by atoms with Crippen LogP contribution in [-0.2, 0) is 20.8 Å². The minimum Gasteiger partial charge on any atom is -0.480 e. The molecule has 2 aromatic carbocycles. The Labute approximate surface area is 201 Å². The van der Waals surface area contributed by atoms with Crippen molar-refractivity contribution in [1.82, 2.24) is 5.32 Å². The molecule has 0 radical (unpaired) electrons. The van der Waals surface area contributed by atoms with Crippen molar-refractivity contribution in [3.05, 3.63) is 60.2 Å². The quantitative estimate of drug-likeness (QED) is 0.341. The minimum absolute atomic E-state index is 0.0458. The Bertz CT molecular complexity index is 967. The second kappa shape index (κ2) is 11.0. The first-order valence-corrected chi connectivity index (χ1v) is 12.2. The van der Waals surface area contributed by atoms with Crippen LogP contribution in [0.2, 0.25) is 0 Å². The van der Waals surface area contributed by atoms with Crippen LogP contribution in [0.4, 0.5) is 0 Å². The van der Waals surface area contributed by atoms with E-state index in [2.05, 4.69) is 17.9 Å². The average molecular weight is 468 g/mol. The van der Waals surface area contributed by atoms with Gasteiger partial charge in [-0.05, 0) is 35.4 Å². The maximum Gasteiger partial charge on any atom is 0.326 e. The van der Waals surface area contributed by atoms with E-state index in [1.807, 2.05) is 68.4 Å². The first kappa shape index (κ1) is 25.0. The smallest absolute Gasteiger partial charge is 0.326 e. The van der Waals surface area contributed by atoms with Crippen molar-refractivity contribution >= 4 is 30.3 Å². The molecule has 3 atom stereocenters. The zero-order chi connectivity index (χ0) is 24.0. The number of aliphatic carboxylic acids is 1. The standard InChI is InChI=1S/C27H33NO4S/c1-3-18(2)23(33)24(29)27(15-7-8-16-27)26(32)28-22(25(30)31)17-19-11-13-21(14-12-19)20-9-5-4-6-10-20/h4-6,9-14,18,22-23,33H,3,7-8,15-17H2,1-2H3,(H,28,32)(H,30,31)/t18-,22+,23-/m1/s1. The molecule has 0 bridgehead atoms. The molecule has 1 aliphatic carbocycles. The zero-order valence-corrected chi connectivity index (χ0v) is 20.2. The fourth-order valence-corrected chi connectivity index (χ4v) is 4.98. The van der Waals surface area contributed by atoms with E-state index in [1.54, 1.807) is 0 Å². The third-order valence-electron chi connectivity index (χ3n) is 6.92. The van der Waals surface area contributed by atoms with Gasteiger partial charge in [0.1, 0.15) is 11.5 Å². The van der Waals surface area contributed by atoms with E-state index >= 15 is 0 Å². The van der Waals surface area contributed by atoms with Gasteiger partial charge in [0, 0.05) is 6.42 Å². The number of carboxylic acid groups (broad SMARTS) is 1. The maximum atomic E-state index is 13.3. The van der Waals surface area contributed by atoms with Gasteiger partial charge in [0.05, 0.1) is 5.25 Å². The van der Waals surface area contributed by atoms with E-state index in [0.29, 0.717) is 12.8 Å². The summed E-state index contributed by atoms with van der Waals surface area (Å²) in [6.45, 7) is 3.95. The molecule has 2 aromatic rings. The molecule has 6 heteroatoms. The third kappa shape index (κ3) is 5.67. The first-order valence-electron chi connectivity index (χ1n) is 11.7. The van der Waals surface area contributed by atoms with Crippen LogP contribution in [0.15, 0.2) is 54.6 Å². The van der Waals surface area contributed by atoms with E-state index in [-0.39, 0.29) is 18.1 Å². The number of hydrogen-bond acceptors (Lipinski definition) is 4. The molecular weight excluding hydrogens is 434 g/mol. The highest BCUT2D eigenvalue weighted by molar-refractivity contribution is 7.81. The van der Waals surface area contributed by atoms with E-state index in [0.717, 1.165) is 36.0 Å². The maximum absolute atomic E-state index is 13.3. The van der Waals surface area contributed by atoms with Crippen molar-refractivity contribution in [2.75, 3.05) is 0 Å². The Hall–Kier alpha value is -2.60. The van der Waals surface area contributed by atoms with Gasteiger partial charge < -0.3 is 10.4 Å². The minimum atomic E-state index is -1.18. The summed E-state index contributed by atoms with van der Waals surface area (Å²) in [7, 11) is 0. The van der Waals surface area contributed by atoms with Crippen molar-refractivity contribution in [3.63, 3.8) is 0 Å². The highest BCUT2D eigenvalue weighted by Gasteiger charge is 2.50. The molecule has 5 nitrogen and oxygen atoms in total. The number of amides is 1. The van der Waals surface area contributed by atoms with Crippen LogP contribution in [0, 0.1) is 11.3 Å². The fraction of sp³-hybridized carbons (Fsp3) is 0.444. The van der Waals surface area contributed by atoms with Crippen LogP contribution in [0.3, 0.4) is 0 Å². The van der Waals surface area contributed by atoms with Crippen molar-refractivity contribution in [2.24, 2.45) is 11.3 Å².